The summed E-state index contributed by atoms with van der Waals surface area (Å²) in [4.78, 5) is 14.2. The molecule has 0 unspecified atom stereocenters. The molecule has 1 saturated carbocycles. The Labute approximate surface area is 114 Å². The molecule has 0 radical (unpaired) electrons. The van der Waals surface area contributed by atoms with Crippen LogP contribution in [0.4, 0.5) is 0 Å². The SMILES string of the molecule is CC1(C(=O)N2CCC3(CCC3)S(=O)(=O)CC2)COC1. The molecule has 3 aliphatic rings. The number of nitrogens with zero attached hydrogens (tertiary/aromatic N) is 1. The average molecular weight is 287 g/mol. The minimum absolute atomic E-state index is 0.0605. The van der Waals surface area contributed by atoms with E-state index in [1.54, 1.807) is 4.90 Å². The van der Waals surface area contributed by atoms with Gasteiger partial charge in [-0.05, 0) is 26.2 Å². The van der Waals surface area contributed by atoms with Gasteiger partial charge in [0.2, 0.25) is 5.91 Å². The predicted octanol–water partition coefficient (Wildman–Crippen LogP) is 0.593. The summed E-state index contributed by atoms with van der Waals surface area (Å²) >= 11 is 0. The number of carbonyl (C=O) groups is 1. The van der Waals surface area contributed by atoms with Crippen molar-refractivity contribution in [2.45, 2.75) is 37.4 Å². The van der Waals surface area contributed by atoms with Crippen molar-refractivity contribution in [3.8, 4) is 0 Å². The molecule has 108 valence electrons. The highest BCUT2D eigenvalue weighted by Gasteiger charge is 2.51. The van der Waals surface area contributed by atoms with Gasteiger partial charge in [0.05, 0.1) is 29.1 Å². The largest absolute Gasteiger partial charge is 0.379 e. The van der Waals surface area contributed by atoms with Gasteiger partial charge in [-0.15, -0.1) is 0 Å². The summed E-state index contributed by atoms with van der Waals surface area (Å²) in [5.41, 5.74) is -0.430. The quantitative estimate of drug-likeness (QED) is 0.708. The molecule has 19 heavy (non-hydrogen) atoms. The second-order valence-electron chi connectivity index (χ2n) is 6.45. The number of rotatable bonds is 1. The molecular weight excluding hydrogens is 266 g/mol. The molecular formula is C13H21NO4S. The third-order valence-corrected chi connectivity index (χ3v) is 7.69. The van der Waals surface area contributed by atoms with Crippen LogP contribution in [0.1, 0.15) is 32.6 Å². The molecule has 0 aromatic carbocycles. The van der Waals surface area contributed by atoms with E-state index < -0.39 is 20.0 Å². The van der Waals surface area contributed by atoms with Gasteiger partial charge >= 0.3 is 0 Å². The summed E-state index contributed by atoms with van der Waals surface area (Å²) in [5, 5.41) is 0. The fourth-order valence-corrected chi connectivity index (χ4v) is 5.51. The van der Waals surface area contributed by atoms with E-state index in [1.165, 1.54) is 0 Å². The van der Waals surface area contributed by atoms with Gasteiger partial charge in [-0.3, -0.25) is 4.79 Å². The van der Waals surface area contributed by atoms with Crippen molar-refractivity contribution in [3.63, 3.8) is 0 Å². The van der Waals surface area contributed by atoms with E-state index in [1.807, 2.05) is 6.92 Å². The summed E-state index contributed by atoms with van der Waals surface area (Å²) in [7, 11) is -3.05. The van der Waals surface area contributed by atoms with Crippen LogP contribution >= 0.6 is 0 Å². The van der Waals surface area contributed by atoms with E-state index in [0.717, 1.165) is 19.3 Å². The summed E-state index contributed by atoms with van der Waals surface area (Å²) in [6, 6.07) is 0. The maximum Gasteiger partial charge on any atom is 0.233 e. The van der Waals surface area contributed by atoms with E-state index in [4.69, 9.17) is 4.74 Å². The summed E-state index contributed by atoms with van der Waals surface area (Å²) in [6.07, 6.45) is 3.16. The van der Waals surface area contributed by atoms with E-state index in [9.17, 15) is 13.2 Å². The Morgan fingerprint density at radius 1 is 1.16 bits per heavy atom. The summed E-state index contributed by atoms with van der Waals surface area (Å²) in [6.45, 7) is 3.74. The molecule has 0 atom stereocenters. The van der Waals surface area contributed by atoms with Gasteiger partial charge in [0.25, 0.3) is 0 Å². The monoisotopic (exact) mass is 287 g/mol. The van der Waals surface area contributed by atoms with Gasteiger partial charge in [0.1, 0.15) is 0 Å². The van der Waals surface area contributed by atoms with Gasteiger partial charge in [0.15, 0.2) is 9.84 Å². The van der Waals surface area contributed by atoms with Crippen molar-refractivity contribution in [1.29, 1.82) is 0 Å². The highest BCUT2D eigenvalue weighted by Crippen LogP contribution is 2.44. The first-order valence-electron chi connectivity index (χ1n) is 6.98. The topological polar surface area (TPSA) is 63.7 Å². The van der Waals surface area contributed by atoms with Crippen LogP contribution in [0.15, 0.2) is 0 Å². The van der Waals surface area contributed by atoms with Gasteiger partial charge < -0.3 is 9.64 Å². The molecule has 6 heteroatoms. The first-order chi connectivity index (χ1) is 8.89. The molecule has 2 saturated heterocycles. The van der Waals surface area contributed by atoms with Crippen molar-refractivity contribution in [1.82, 2.24) is 4.90 Å². The number of amides is 1. The Morgan fingerprint density at radius 3 is 2.32 bits per heavy atom. The zero-order valence-electron chi connectivity index (χ0n) is 11.4. The van der Waals surface area contributed by atoms with Gasteiger partial charge in [0, 0.05) is 13.1 Å². The highest BCUT2D eigenvalue weighted by atomic mass is 32.2. The molecule has 2 heterocycles. The zero-order chi connectivity index (χ0) is 13.7. The van der Waals surface area contributed by atoms with Crippen LogP contribution in [0.3, 0.4) is 0 Å². The second kappa shape index (κ2) is 4.19. The lowest BCUT2D eigenvalue weighted by atomic mass is 9.81. The van der Waals surface area contributed by atoms with Crippen LogP contribution in [-0.4, -0.2) is 56.0 Å². The molecule has 1 aliphatic carbocycles. The summed E-state index contributed by atoms with van der Waals surface area (Å²) in [5.74, 6) is 0.181. The summed E-state index contributed by atoms with van der Waals surface area (Å²) < 4.78 is 29.3. The molecule has 0 N–H and O–H groups in total. The van der Waals surface area contributed by atoms with Crippen molar-refractivity contribution in [2.75, 3.05) is 32.1 Å². The normalized spacial score (nSPS) is 31.1. The number of hydrogen-bond donors (Lipinski definition) is 0. The van der Waals surface area contributed by atoms with E-state index >= 15 is 0 Å². The third-order valence-electron chi connectivity index (χ3n) is 5.04. The molecule has 3 rings (SSSR count). The maximum atomic E-state index is 12.4. The second-order valence-corrected chi connectivity index (χ2v) is 8.95. The smallest absolute Gasteiger partial charge is 0.233 e. The number of sulfone groups is 1. The number of carbonyl (C=O) groups excluding carboxylic acids is 1. The Hall–Kier alpha value is -0.620. The molecule has 3 fully saturated rings. The fourth-order valence-electron chi connectivity index (χ4n) is 3.30. The highest BCUT2D eigenvalue weighted by molar-refractivity contribution is 7.92. The zero-order valence-corrected chi connectivity index (χ0v) is 12.2. The molecule has 0 aromatic heterocycles. The van der Waals surface area contributed by atoms with E-state index in [-0.39, 0.29) is 11.7 Å². The third kappa shape index (κ3) is 1.91. The van der Waals surface area contributed by atoms with Gasteiger partial charge in [-0.25, -0.2) is 8.42 Å². The van der Waals surface area contributed by atoms with Crippen LogP contribution in [0.2, 0.25) is 0 Å². The molecule has 0 aromatic rings. The van der Waals surface area contributed by atoms with Gasteiger partial charge in [-0.2, -0.15) is 0 Å². The fraction of sp³-hybridized carbons (Fsp3) is 0.923. The Morgan fingerprint density at radius 2 is 1.84 bits per heavy atom. The molecule has 5 nitrogen and oxygen atoms in total. The van der Waals surface area contributed by atoms with Gasteiger partial charge in [-0.1, -0.05) is 6.42 Å². The molecule has 0 bridgehead atoms. The van der Waals surface area contributed by atoms with Crippen LogP contribution in [0.5, 0.6) is 0 Å². The molecule has 1 spiro atoms. The molecule has 1 amide bonds. The Bertz CT molecular complexity index is 491. The Kier molecular flexibility index (Phi) is 2.94. The number of hydrogen-bond acceptors (Lipinski definition) is 4. The van der Waals surface area contributed by atoms with Crippen molar-refractivity contribution in [2.24, 2.45) is 5.41 Å². The van der Waals surface area contributed by atoms with E-state index in [0.29, 0.717) is 32.7 Å². The van der Waals surface area contributed by atoms with Crippen LogP contribution in [0, 0.1) is 5.41 Å². The van der Waals surface area contributed by atoms with Crippen LogP contribution < -0.4 is 0 Å². The number of ether oxygens (including phenoxy) is 1. The lowest BCUT2D eigenvalue weighted by Crippen LogP contribution is -2.54. The first-order valence-corrected chi connectivity index (χ1v) is 8.63. The molecule has 2 aliphatic heterocycles. The van der Waals surface area contributed by atoms with Crippen molar-refractivity contribution in [3.05, 3.63) is 0 Å². The minimum atomic E-state index is -3.05. The van der Waals surface area contributed by atoms with Crippen LogP contribution in [0.25, 0.3) is 0 Å². The van der Waals surface area contributed by atoms with Crippen molar-refractivity contribution < 1.29 is 17.9 Å². The maximum absolute atomic E-state index is 12.4. The van der Waals surface area contributed by atoms with Crippen LogP contribution in [-0.2, 0) is 19.4 Å². The minimum Gasteiger partial charge on any atom is -0.379 e. The lowest BCUT2D eigenvalue weighted by Gasteiger charge is -2.41. The lowest BCUT2D eigenvalue weighted by molar-refractivity contribution is -0.168. The predicted molar refractivity (Wildman–Crippen MR) is 70.5 cm³/mol. The standard InChI is InChI=1S/C13H21NO4S/c1-12(9-18-10-12)11(15)14-6-5-13(3-2-4-13)19(16,17)8-7-14/h2-10H2,1H3. The first kappa shape index (κ1) is 13.4. The average Bonchev–Trinajstić information content (AvgIpc) is 2.40. The van der Waals surface area contributed by atoms with E-state index in [2.05, 4.69) is 0 Å². The van der Waals surface area contributed by atoms with Crippen molar-refractivity contribution >= 4 is 15.7 Å². The Balaban J connectivity index is 1.76.